The molecule has 0 aliphatic rings. The fourth-order valence-electron chi connectivity index (χ4n) is 1.23. The Kier molecular flexibility index (Phi) is 2.61. The third-order valence-electron chi connectivity index (χ3n) is 1.95. The van der Waals surface area contributed by atoms with Crippen molar-refractivity contribution < 1.29 is 14.0 Å². The van der Waals surface area contributed by atoms with Gasteiger partial charge < -0.3 is 4.84 Å². The fourth-order valence-corrected chi connectivity index (χ4v) is 1.23. The van der Waals surface area contributed by atoms with Crippen molar-refractivity contribution in [2.24, 2.45) is 5.90 Å². The van der Waals surface area contributed by atoms with Crippen LogP contribution in [0.15, 0.2) is 24.5 Å². The Morgan fingerprint density at radius 3 is 2.88 bits per heavy atom. The predicted molar refractivity (Wildman–Crippen MR) is 51.4 cm³/mol. The Labute approximate surface area is 89.2 Å². The number of aromatic amines is 1. The standard InChI is InChI=1S/C9H7FN4O2/c10-5-1-2-7(12-3-5)6-4-13-14-8(6)9(15)16-11/h1-4H,11H2,(H,13,14). The van der Waals surface area contributed by atoms with Gasteiger partial charge in [-0.05, 0) is 12.1 Å². The zero-order valence-corrected chi connectivity index (χ0v) is 7.98. The minimum absolute atomic E-state index is 0.0709. The average molecular weight is 222 g/mol. The smallest absolute Gasteiger partial charge is 0.368 e. The van der Waals surface area contributed by atoms with Crippen LogP contribution in [0.25, 0.3) is 11.3 Å². The molecule has 0 radical (unpaired) electrons. The van der Waals surface area contributed by atoms with Crippen molar-refractivity contribution in [3.05, 3.63) is 36.0 Å². The lowest BCUT2D eigenvalue weighted by atomic mass is 10.1. The second kappa shape index (κ2) is 4.07. The van der Waals surface area contributed by atoms with Crippen molar-refractivity contribution in [2.45, 2.75) is 0 Å². The van der Waals surface area contributed by atoms with Gasteiger partial charge in [0.25, 0.3) is 0 Å². The van der Waals surface area contributed by atoms with E-state index in [0.29, 0.717) is 11.3 Å². The molecule has 2 aromatic heterocycles. The molecule has 3 N–H and O–H groups in total. The number of nitrogens with two attached hydrogens (primary N) is 1. The fraction of sp³-hybridized carbons (Fsp3) is 0. The summed E-state index contributed by atoms with van der Waals surface area (Å²) >= 11 is 0. The summed E-state index contributed by atoms with van der Waals surface area (Å²) in [5.74, 6) is 3.53. The first-order valence-electron chi connectivity index (χ1n) is 4.28. The topological polar surface area (TPSA) is 93.9 Å². The SMILES string of the molecule is NOC(=O)c1[nH]ncc1-c1ccc(F)cn1. The van der Waals surface area contributed by atoms with Gasteiger partial charge in [0.05, 0.1) is 23.7 Å². The number of rotatable bonds is 2. The van der Waals surface area contributed by atoms with Crippen LogP contribution in [0.2, 0.25) is 0 Å². The Morgan fingerprint density at radius 2 is 2.25 bits per heavy atom. The van der Waals surface area contributed by atoms with Crippen LogP contribution in [0.4, 0.5) is 4.39 Å². The predicted octanol–water partition coefficient (Wildman–Crippen LogP) is 0.641. The number of nitrogens with zero attached hydrogens (tertiary/aromatic N) is 2. The highest BCUT2D eigenvalue weighted by atomic mass is 19.1. The quantitative estimate of drug-likeness (QED) is 0.727. The molecule has 0 aliphatic carbocycles. The third-order valence-corrected chi connectivity index (χ3v) is 1.95. The van der Waals surface area contributed by atoms with Crippen molar-refractivity contribution in [1.82, 2.24) is 15.2 Å². The lowest BCUT2D eigenvalue weighted by molar-refractivity contribution is 0.0497. The average Bonchev–Trinajstić information content (AvgIpc) is 2.78. The Morgan fingerprint density at radius 1 is 1.44 bits per heavy atom. The number of carbonyl (C=O) groups is 1. The molecule has 0 saturated heterocycles. The van der Waals surface area contributed by atoms with E-state index in [1.165, 1.54) is 18.3 Å². The number of aromatic nitrogens is 3. The molecule has 0 aliphatic heterocycles. The molecule has 0 saturated carbocycles. The number of H-pyrrole nitrogens is 1. The van der Waals surface area contributed by atoms with Gasteiger partial charge in [-0.15, -0.1) is 0 Å². The Hall–Kier alpha value is -2.28. The molecular formula is C9H7FN4O2. The summed E-state index contributed by atoms with van der Waals surface area (Å²) in [7, 11) is 0. The van der Waals surface area contributed by atoms with Gasteiger partial charge in [-0.3, -0.25) is 10.1 Å². The van der Waals surface area contributed by atoms with Crippen molar-refractivity contribution in [3.63, 3.8) is 0 Å². The summed E-state index contributed by atoms with van der Waals surface area (Å²) in [6.45, 7) is 0. The van der Waals surface area contributed by atoms with Crippen molar-refractivity contribution in [1.29, 1.82) is 0 Å². The van der Waals surface area contributed by atoms with Crippen LogP contribution in [-0.4, -0.2) is 21.2 Å². The Balaban J connectivity index is 2.44. The molecule has 2 rings (SSSR count). The largest absolute Gasteiger partial charge is 0.375 e. The maximum absolute atomic E-state index is 12.7. The summed E-state index contributed by atoms with van der Waals surface area (Å²) in [6, 6.07) is 2.65. The van der Waals surface area contributed by atoms with E-state index in [1.54, 1.807) is 0 Å². The van der Waals surface area contributed by atoms with Crippen molar-refractivity contribution in [2.75, 3.05) is 0 Å². The first kappa shape index (κ1) is 10.2. The second-order valence-electron chi connectivity index (χ2n) is 2.93. The van der Waals surface area contributed by atoms with Gasteiger partial charge in [0, 0.05) is 0 Å². The molecular weight excluding hydrogens is 215 g/mol. The molecule has 0 bridgehead atoms. The second-order valence-corrected chi connectivity index (χ2v) is 2.93. The van der Waals surface area contributed by atoms with Gasteiger partial charge in [-0.1, -0.05) is 0 Å². The van der Waals surface area contributed by atoms with E-state index >= 15 is 0 Å². The normalized spacial score (nSPS) is 10.1. The summed E-state index contributed by atoms with van der Waals surface area (Å²) in [4.78, 5) is 19.1. The number of pyridine rings is 1. The van der Waals surface area contributed by atoms with E-state index in [9.17, 15) is 9.18 Å². The van der Waals surface area contributed by atoms with Crippen LogP contribution in [0, 0.1) is 5.82 Å². The summed E-state index contributed by atoms with van der Waals surface area (Å²) in [6.07, 6.45) is 2.42. The number of nitrogens with one attached hydrogen (secondary N) is 1. The molecule has 6 nitrogen and oxygen atoms in total. The van der Waals surface area contributed by atoms with Gasteiger partial charge in [0.2, 0.25) is 0 Å². The van der Waals surface area contributed by atoms with E-state index in [-0.39, 0.29) is 5.69 Å². The molecule has 2 aromatic rings. The minimum Gasteiger partial charge on any atom is -0.368 e. The van der Waals surface area contributed by atoms with Gasteiger partial charge >= 0.3 is 5.97 Å². The lowest BCUT2D eigenvalue weighted by Gasteiger charge is -1.99. The zero-order chi connectivity index (χ0) is 11.5. The molecule has 0 atom stereocenters. The van der Waals surface area contributed by atoms with E-state index in [0.717, 1.165) is 6.20 Å². The van der Waals surface area contributed by atoms with Crippen LogP contribution in [-0.2, 0) is 4.84 Å². The minimum atomic E-state index is -0.765. The van der Waals surface area contributed by atoms with Gasteiger partial charge in [0.15, 0.2) is 5.69 Å². The lowest BCUT2D eigenvalue weighted by Crippen LogP contribution is -2.11. The summed E-state index contributed by atoms with van der Waals surface area (Å²) in [5.41, 5.74) is 0.868. The van der Waals surface area contributed by atoms with Gasteiger partial charge in [-0.2, -0.15) is 11.0 Å². The molecule has 82 valence electrons. The first-order valence-corrected chi connectivity index (χ1v) is 4.28. The monoisotopic (exact) mass is 222 g/mol. The number of hydrogen-bond donors (Lipinski definition) is 2. The highest BCUT2D eigenvalue weighted by molar-refractivity contribution is 5.94. The van der Waals surface area contributed by atoms with Crippen molar-refractivity contribution >= 4 is 5.97 Å². The molecule has 0 spiro atoms. The maximum atomic E-state index is 12.7. The third kappa shape index (κ3) is 1.75. The molecule has 16 heavy (non-hydrogen) atoms. The van der Waals surface area contributed by atoms with Crippen LogP contribution < -0.4 is 5.90 Å². The van der Waals surface area contributed by atoms with E-state index in [4.69, 9.17) is 5.90 Å². The van der Waals surface area contributed by atoms with Crippen molar-refractivity contribution in [3.8, 4) is 11.3 Å². The number of halogens is 1. The molecule has 0 amide bonds. The van der Waals surface area contributed by atoms with E-state index in [1.807, 2.05) is 0 Å². The number of carbonyl (C=O) groups excluding carboxylic acids is 1. The van der Waals surface area contributed by atoms with Crippen LogP contribution in [0.5, 0.6) is 0 Å². The maximum Gasteiger partial charge on any atom is 0.375 e. The molecule has 0 unspecified atom stereocenters. The van der Waals surface area contributed by atoms with Crippen LogP contribution in [0.3, 0.4) is 0 Å². The van der Waals surface area contributed by atoms with E-state index < -0.39 is 11.8 Å². The molecule has 2 heterocycles. The number of hydrogen-bond acceptors (Lipinski definition) is 5. The first-order chi connectivity index (χ1) is 7.72. The Bertz CT molecular complexity index is 508. The zero-order valence-electron chi connectivity index (χ0n) is 7.98. The van der Waals surface area contributed by atoms with Crippen LogP contribution in [0.1, 0.15) is 10.5 Å². The van der Waals surface area contributed by atoms with E-state index in [2.05, 4.69) is 20.0 Å². The summed E-state index contributed by atoms with van der Waals surface area (Å²) in [5, 5.41) is 6.11. The molecule has 0 aromatic carbocycles. The van der Waals surface area contributed by atoms with Gasteiger partial charge in [0.1, 0.15) is 5.82 Å². The molecule has 0 fully saturated rings. The summed E-state index contributed by atoms with van der Waals surface area (Å²) < 4.78 is 12.7. The highest BCUT2D eigenvalue weighted by Crippen LogP contribution is 2.19. The molecule has 7 heteroatoms. The highest BCUT2D eigenvalue weighted by Gasteiger charge is 2.16. The van der Waals surface area contributed by atoms with Crippen LogP contribution >= 0.6 is 0 Å². The van der Waals surface area contributed by atoms with Gasteiger partial charge in [-0.25, -0.2) is 9.18 Å².